The maximum atomic E-state index is 12.8. The Kier molecular flexibility index (Phi) is 4.70. The fourth-order valence-corrected chi connectivity index (χ4v) is 5.69. The molecule has 2 aromatic rings. The van der Waals surface area contributed by atoms with Crippen molar-refractivity contribution in [2.75, 3.05) is 19.6 Å². The van der Waals surface area contributed by atoms with Gasteiger partial charge in [-0.25, -0.2) is 4.98 Å². The van der Waals surface area contributed by atoms with Crippen LogP contribution < -0.4 is 5.32 Å². The van der Waals surface area contributed by atoms with Crippen LogP contribution >= 0.6 is 0 Å². The van der Waals surface area contributed by atoms with E-state index in [1.165, 1.54) is 0 Å². The zero-order valence-corrected chi connectivity index (χ0v) is 17.2. The minimum absolute atomic E-state index is 0.0212. The van der Waals surface area contributed by atoms with Crippen LogP contribution in [0.15, 0.2) is 18.6 Å². The number of aryl methyl sites for hydroxylation is 1. The summed E-state index contributed by atoms with van der Waals surface area (Å²) in [4.78, 5) is 22.8. The molecule has 8 nitrogen and oxygen atoms in total. The molecule has 1 spiro atoms. The SMILES string of the molecule is CCCn1ncc(C(=O)NC[C@H]2[C@H]3CN(Cc4ncc[nH]4)C[C@]34CC[C@H]2O4)c1C. The summed E-state index contributed by atoms with van der Waals surface area (Å²) in [6, 6.07) is 0. The van der Waals surface area contributed by atoms with Crippen LogP contribution in [0.3, 0.4) is 0 Å². The van der Waals surface area contributed by atoms with Crippen LogP contribution in [0.5, 0.6) is 0 Å². The summed E-state index contributed by atoms with van der Waals surface area (Å²) in [6.07, 6.45) is 8.87. The van der Waals surface area contributed by atoms with Gasteiger partial charge in [0.05, 0.1) is 30.0 Å². The maximum Gasteiger partial charge on any atom is 0.254 e. The Morgan fingerprint density at radius 1 is 1.48 bits per heavy atom. The number of aromatic amines is 1. The second-order valence-electron chi connectivity index (χ2n) is 8.81. The number of carbonyl (C=O) groups excluding carboxylic acids is 1. The van der Waals surface area contributed by atoms with Gasteiger partial charge in [-0.05, 0) is 26.2 Å². The molecule has 0 saturated carbocycles. The Bertz CT molecular complexity index is 878. The number of amides is 1. The molecule has 1 amide bonds. The molecule has 2 bridgehead atoms. The van der Waals surface area contributed by atoms with Crippen molar-refractivity contribution in [2.45, 2.75) is 57.9 Å². The van der Waals surface area contributed by atoms with Crippen LogP contribution in [0, 0.1) is 18.8 Å². The number of nitrogens with one attached hydrogen (secondary N) is 2. The summed E-state index contributed by atoms with van der Waals surface area (Å²) >= 11 is 0. The summed E-state index contributed by atoms with van der Waals surface area (Å²) in [5, 5.41) is 7.54. The lowest BCUT2D eigenvalue weighted by atomic mass is 9.73. The molecule has 156 valence electrons. The number of ether oxygens (including phenoxy) is 1. The lowest BCUT2D eigenvalue weighted by Crippen LogP contribution is -2.42. The lowest BCUT2D eigenvalue weighted by Gasteiger charge is -2.29. The highest BCUT2D eigenvalue weighted by Crippen LogP contribution is 2.54. The average molecular weight is 399 g/mol. The van der Waals surface area contributed by atoms with E-state index in [1.807, 2.05) is 17.8 Å². The molecule has 0 unspecified atom stereocenters. The highest BCUT2D eigenvalue weighted by atomic mass is 16.5. The van der Waals surface area contributed by atoms with Crippen molar-refractivity contribution in [3.05, 3.63) is 35.7 Å². The van der Waals surface area contributed by atoms with Crippen molar-refractivity contribution in [1.82, 2.24) is 30.0 Å². The number of likely N-dealkylation sites (tertiary alicyclic amines) is 1. The standard InChI is InChI=1S/C21H30N6O2/c1-3-8-27-14(2)15(10-25-27)20(28)24-9-16-17-11-26(12-19-22-6-7-23-19)13-21(17)5-4-18(16)29-21/h6-7,10,16-18H,3-5,8-9,11-13H2,1-2H3,(H,22,23)(H,24,28)/t16-,17+,18+,21+/m0/s1. The van der Waals surface area contributed by atoms with Crippen molar-refractivity contribution in [3.8, 4) is 0 Å². The van der Waals surface area contributed by atoms with E-state index in [4.69, 9.17) is 4.74 Å². The van der Waals surface area contributed by atoms with Gasteiger partial charge in [0, 0.05) is 56.1 Å². The van der Waals surface area contributed by atoms with Crippen molar-refractivity contribution in [3.63, 3.8) is 0 Å². The molecule has 3 saturated heterocycles. The molecular formula is C21H30N6O2. The van der Waals surface area contributed by atoms with Gasteiger partial charge in [0.1, 0.15) is 5.82 Å². The van der Waals surface area contributed by atoms with Gasteiger partial charge in [-0.15, -0.1) is 0 Å². The first-order valence-corrected chi connectivity index (χ1v) is 10.8. The Morgan fingerprint density at radius 2 is 2.38 bits per heavy atom. The number of hydrogen-bond donors (Lipinski definition) is 2. The molecule has 3 aliphatic heterocycles. The predicted molar refractivity (Wildman–Crippen MR) is 107 cm³/mol. The summed E-state index contributed by atoms with van der Waals surface area (Å²) in [6.45, 7) is 8.39. The molecule has 5 heterocycles. The highest BCUT2D eigenvalue weighted by molar-refractivity contribution is 5.95. The predicted octanol–water partition coefficient (Wildman–Crippen LogP) is 1.73. The van der Waals surface area contributed by atoms with Crippen molar-refractivity contribution in [2.24, 2.45) is 11.8 Å². The fraction of sp³-hybridized carbons (Fsp3) is 0.667. The summed E-state index contributed by atoms with van der Waals surface area (Å²) in [7, 11) is 0. The second kappa shape index (κ2) is 7.25. The van der Waals surface area contributed by atoms with Gasteiger partial charge in [0.2, 0.25) is 0 Å². The third kappa shape index (κ3) is 3.18. The second-order valence-corrected chi connectivity index (χ2v) is 8.81. The first kappa shape index (κ1) is 18.8. The van der Waals surface area contributed by atoms with Crippen LogP contribution in [0.4, 0.5) is 0 Å². The zero-order valence-electron chi connectivity index (χ0n) is 17.2. The first-order valence-electron chi connectivity index (χ1n) is 10.8. The van der Waals surface area contributed by atoms with Crippen LogP contribution in [0.25, 0.3) is 0 Å². The molecule has 0 radical (unpaired) electrons. The maximum absolute atomic E-state index is 12.8. The highest BCUT2D eigenvalue weighted by Gasteiger charge is 2.62. The number of fused-ring (bicyclic) bond motifs is 1. The smallest absolute Gasteiger partial charge is 0.254 e. The molecule has 8 heteroatoms. The monoisotopic (exact) mass is 398 g/mol. The lowest BCUT2D eigenvalue weighted by molar-refractivity contribution is 0.00196. The topological polar surface area (TPSA) is 88.1 Å². The van der Waals surface area contributed by atoms with Crippen molar-refractivity contribution >= 4 is 5.91 Å². The molecule has 0 aromatic carbocycles. The van der Waals surface area contributed by atoms with Crippen LogP contribution in [-0.4, -0.2) is 61.9 Å². The first-order chi connectivity index (χ1) is 14.1. The summed E-state index contributed by atoms with van der Waals surface area (Å²) in [5.74, 6) is 1.83. The molecular weight excluding hydrogens is 368 g/mol. The Balaban J connectivity index is 1.23. The molecule has 4 atom stereocenters. The molecule has 29 heavy (non-hydrogen) atoms. The van der Waals surface area contributed by atoms with Gasteiger partial charge in [0.15, 0.2) is 0 Å². The molecule has 0 aliphatic carbocycles. The minimum Gasteiger partial charge on any atom is -0.370 e. The number of H-pyrrole nitrogens is 1. The van der Waals surface area contributed by atoms with Gasteiger partial charge >= 0.3 is 0 Å². The quantitative estimate of drug-likeness (QED) is 0.742. The molecule has 3 aliphatic rings. The number of rotatable bonds is 7. The fourth-order valence-electron chi connectivity index (χ4n) is 5.69. The van der Waals surface area contributed by atoms with E-state index in [9.17, 15) is 4.79 Å². The van der Waals surface area contributed by atoms with E-state index < -0.39 is 0 Å². The van der Waals surface area contributed by atoms with Crippen LogP contribution in [-0.2, 0) is 17.8 Å². The van der Waals surface area contributed by atoms with E-state index in [0.717, 1.165) is 57.0 Å². The Labute approximate surface area is 171 Å². The molecule has 2 aromatic heterocycles. The normalized spacial score (nSPS) is 30.8. The van der Waals surface area contributed by atoms with Crippen LogP contribution in [0.2, 0.25) is 0 Å². The Hall–Kier alpha value is -2.19. The van der Waals surface area contributed by atoms with E-state index in [2.05, 4.69) is 32.2 Å². The van der Waals surface area contributed by atoms with E-state index in [0.29, 0.717) is 23.9 Å². The van der Waals surface area contributed by atoms with Crippen molar-refractivity contribution in [1.29, 1.82) is 0 Å². The number of hydrogen-bond acceptors (Lipinski definition) is 5. The van der Waals surface area contributed by atoms with E-state index in [1.54, 1.807) is 12.4 Å². The van der Waals surface area contributed by atoms with Crippen molar-refractivity contribution < 1.29 is 9.53 Å². The summed E-state index contributed by atoms with van der Waals surface area (Å²) < 4.78 is 8.41. The molecule has 5 rings (SSSR count). The number of nitrogens with zero attached hydrogens (tertiary/aromatic N) is 4. The third-order valence-corrected chi connectivity index (χ3v) is 7.06. The number of imidazole rings is 1. The van der Waals surface area contributed by atoms with Gasteiger partial charge in [0.25, 0.3) is 5.91 Å². The zero-order chi connectivity index (χ0) is 20.0. The van der Waals surface area contributed by atoms with Gasteiger partial charge in [-0.1, -0.05) is 6.92 Å². The third-order valence-electron chi connectivity index (χ3n) is 7.06. The Morgan fingerprint density at radius 3 is 3.17 bits per heavy atom. The number of aromatic nitrogens is 4. The van der Waals surface area contributed by atoms with Crippen LogP contribution in [0.1, 0.15) is 48.1 Å². The number of carbonyl (C=O) groups is 1. The van der Waals surface area contributed by atoms with E-state index in [-0.39, 0.29) is 17.6 Å². The largest absolute Gasteiger partial charge is 0.370 e. The average Bonchev–Trinajstić information content (AvgIpc) is 3.49. The van der Waals surface area contributed by atoms with Gasteiger partial charge in [-0.3, -0.25) is 14.4 Å². The molecule has 3 fully saturated rings. The summed E-state index contributed by atoms with van der Waals surface area (Å²) in [5.41, 5.74) is 1.59. The van der Waals surface area contributed by atoms with Gasteiger partial charge in [-0.2, -0.15) is 5.10 Å². The minimum atomic E-state index is -0.0332. The van der Waals surface area contributed by atoms with Gasteiger partial charge < -0.3 is 15.0 Å². The van der Waals surface area contributed by atoms with E-state index >= 15 is 0 Å². The molecule has 2 N–H and O–H groups in total.